The zero-order valence-corrected chi connectivity index (χ0v) is 13.3. The molecule has 0 aliphatic heterocycles. The Labute approximate surface area is 134 Å². The minimum atomic E-state index is -0.902. The first-order chi connectivity index (χ1) is 10.9. The fourth-order valence-corrected chi connectivity index (χ4v) is 1.97. The molecule has 8 nitrogen and oxygen atoms in total. The van der Waals surface area contributed by atoms with Gasteiger partial charge in [0.15, 0.2) is 0 Å². The average molecular weight is 320 g/mol. The Balaban J connectivity index is 2.82. The van der Waals surface area contributed by atoms with Crippen molar-refractivity contribution >= 4 is 11.6 Å². The van der Waals surface area contributed by atoms with Crippen LogP contribution in [-0.2, 0) is 0 Å². The smallest absolute Gasteiger partial charge is 0.253 e. The van der Waals surface area contributed by atoms with Gasteiger partial charge >= 0.3 is 0 Å². The van der Waals surface area contributed by atoms with Crippen molar-refractivity contribution in [1.82, 2.24) is 10.3 Å². The van der Waals surface area contributed by atoms with Gasteiger partial charge in [-0.2, -0.15) is 0 Å². The molecule has 1 rings (SSSR count). The molecule has 1 heterocycles. The van der Waals surface area contributed by atoms with Crippen LogP contribution >= 0.6 is 0 Å². The predicted octanol–water partition coefficient (Wildman–Crippen LogP) is 1.89. The second kappa shape index (κ2) is 8.62. The molecule has 2 N–H and O–H groups in total. The average Bonchev–Trinajstić information content (AvgIpc) is 2.54. The van der Waals surface area contributed by atoms with Gasteiger partial charge in [-0.25, -0.2) is 0 Å². The number of carbonyl (C=O) groups is 1. The Hall–Kier alpha value is -2.77. The first-order valence-electron chi connectivity index (χ1n) is 7.11. The molecule has 0 bridgehead atoms. The highest BCUT2D eigenvalue weighted by Gasteiger charge is 2.22. The van der Waals surface area contributed by atoms with Crippen LogP contribution in [0, 0.1) is 16.0 Å². The minimum absolute atomic E-state index is 0.0507. The number of oxime groups is 1. The fraction of sp³-hybridized carbons (Fsp3) is 0.400. The van der Waals surface area contributed by atoms with E-state index in [-0.39, 0.29) is 24.1 Å². The van der Waals surface area contributed by atoms with Crippen LogP contribution in [0.1, 0.15) is 31.1 Å². The third-order valence-electron chi connectivity index (χ3n) is 3.28. The molecule has 1 atom stereocenters. The maximum absolute atomic E-state index is 11.9. The molecule has 0 aromatic carbocycles. The maximum atomic E-state index is 11.9. The molecule has 0 saturated heterocycles. The summed E-state index contributed by atoms with van der Waals surface area (Å²) >= 11 is 0. The highest BCUT2D eigenvalue weighted by Crippen LogP contribution is 2.16. The largest absolute Gasteiger partial charge is 0.411 e. The van der Waals surface area contributed by atoms with Gasteiger partial charge in [0.05, 0.1) is 17.8 Å². The maximum Gasteiger partial charge on any atom is 0.253 e. The van der Waals surface area contributed by atoms with Crippen LogP contribution in [0.3, 0.4) is 0 Å². The zero-order valence-electron chi connectivity index (χ0n) is 13.3. The second-order valence-corrected chi connectivity index (χ2v) is 5.28. The van der Waals surface area contributed by atoms with Gasteiger partial charge in [-0.05, 0) is 24.1 Å². The molecule has 0 aliphatic rings. The van der Waals surface area contributed by atoms with E-state index in [4.69, 9.17) is 5.21 Å². The van der Waals surface area contributed by atoms with Crippen LogP contribution in [0.2, 0.25) is 0 Å². The van der Waals surface area contributed by atoms with Crippen molar-refractivity contribution in [2.24, 2.45) is 11.1 Å². The van der Waals surface area contributed by atoms with E-state index < -0.39 is 11.0 Å². The fourth-order valence-electron chi connectivity index (χ4n) is 1.97. The summed E-state index contributed by atoms with van der Waals surface area (Å²) < 4.78 is 0. The van der Waals surface area contributed by atoms with Crippen LogP contribution in [0.5, 0.6) is 0 Å². The molecular weight excluding hydrogens is 300 g/mol. The molecule has 1 aromatic rings. The van der Waals surface area contributed by atoms with E-state index >= 15 is 0 Å². The number of amides is 1. The Morgan fingerprint density at radius 3 is 2.70 bits per heavy atom. The molecule has 0 saturated carbocycles. The lowest BCUT2D eigenvalue weighted by atomic mass is 9.95. The van der Waals surface area contributed by atoms with E-state index in [2.05, 4.69) is 15.5 Å². The number of hydrogen-bond donors (Lipinski definition) is 2. The molecule has 0 fully saturated rings. The first kappa shape index (κ1) is 18.3. The van der Waals surface area contributed by atoms with Crippen molar-refractivity contribution in [2.45, 2.75) is 26.8 Å². The van der Waals surface area contributed by atoms with Crippen molar-refractivity contribution in [1.29, 1.82) is 0 Å². The Kier molecular flexibility index (Phi) is 6.85. The van der Waals surface area contributed by atoms with Gasteiger partial charge in [-0.3, -0.25) is 19.9 Å². The van der Waals surface area contributed by atoms with Crippen LogP contribution in [0.15, 0.2) is 41.3 Å². The number of nitrogens with zero attached hydrogens (tertiary/aromatic N) is 3. The number of nitro groups is 1. The van der Waals surface area contributed by atoms with Crippen molar-refractivity contribution < 1.29 is 14.9 Å². The van der Waals surface area contributed by atoms with Gasteiger partial charge in [0.1, 0.15) is 0 Å². The van der Waals surface area contributed by atoms with Gasteiger partial charge in [-0.1, -0.05) is 19.0 Å². The van der Waals surface area contributed by atoms with Crippen molar-refractivity contribution in [2.75, 3.05) is 6.54 Å². The quantitative estimate of drug-likeness (QED) is 0.344. The lowest BCUT2D eigenvalue weighted by Crippen LogP contribution is -2.30. The minimum Gasteiger partial charge on any atom is -0.411 e. The number of carbonyl (C=O) groups excluding carboxylic acids is 1. The molecule has 1 amide bonds. The number of aromatic nitrogens is 1. The first-order valence-corrected chi connectivity index (χ1v) is 7.11. The van der Waals surface area contributed by atoms with Crippen LogP contribution in [0.4, 0.5) is 0 Å². The topological polar surface area (TPSA) is 118 Å². The molecule has 1 aromatic heterocycles. The third kappa shape index (κ3) is 5.50. The molecule has 1 unspecified atom stereocenters. The summed E-state index contributed by atoms with van der Waals surface area (Å²) in [5.41, 5.74) is 1.02. The Bertz CT molecular complexity index is 611. The lowest BCUT2D eigenvalue weighted by molar-refractivity contribution is -0.508. The highest BCUT2D eigenvalue weighted by atomic mass is 16.6. The third-order valence-corrected chi connectivity index (χ3v) is 3.28. The second-order valence-electron chi connectivity index (χ2n) is 5.28. The number of nitrogens with one attached hydrogen (secondary N) is 1. The van der Waals surface area contributed by atoms with Crippen molar-refractivity contribution in [3.63, 3.8) is 0 Å². The van der Waals surface area contributed by atoms with Gasteiger partial charge in [0.25, 0.3) is 5.91 Å². The van der Waals surface area contributed by atoms with Crippen LogP contribution in [0.25, 0.3) is 0 Å². The predicted molar refractivity (Wildman–Crippen MR) is 85.2 cm³/mol. The summed E-state index contributed by atoms with van der Waals surface area (Å²) in [5, 5.41) is 25.7. The normalized spacial score (nSPS) is 13.7. The molecule has 0 aliphatic carbocycles. The molecule has 0 radical (unpaired) electrons. The van der Waals surface area contributed by atoms with E-state index in [1.54, 1.807) is 18.3 Å². The van der Waals surface area contributed by atoms with Crippen LogP contribution in [-0.4, -0.2) is 39.3 Å². The summed E-state index contributed by atoms with van der Waals surface area (Å²) in [7, 11) is 0. The zero-order chi connectivity index (χ0) is 17.4. The van der Waals surface area contributed by atoms with E-state index in [0.717, 1.165) is 0 Å². The van der Waals surface area contributed by atoms with Crippen molar-refractivity contribution in [3.8, 4) is 0 Å². The monoisotopic (exact) mass is 320 g/mol. The molecule has 124 valence electrons. The van der Waals surface area contributed by atoms with E-state index in [9.17, 15) is 14.9 Å². The van der Waals surface area contributed by atoms with Crippen molar-refractivity contribution in [3.05, 3.63) is 51.9 Å². The summed E-state index contributed by atoms with van der Waals surface area (Å²) in [6.45, 7) is 5.05. The highest BCUT2D eigenvalue weighted by molar-refractivity contribution is 6.01. The standard InChI is InChI=1S/C15H20N4O4/c1-10(2)14(11(3)19(22)23)7-13(18-21)9-17-15(20)12-5-4-6-16-8-12/h4-8,10-11,21H,9H2,1-3H3,(H,17,20)/b14-7+,18-13+. The van der Waals surface area contributed by atoms with Gasteiger partial charge in [0, 0.05) is 29.8 Å². The van der Waals surface area contributed by atoms with Gasteiger partial charge < -0.3 is 10.5 Å². The number of hydrogen-bond acceptors (Lipinski definition) is 6. The molecule has 0 spiro atoms. The van der Waals surface area contributed by atoms with E-state index in [1.165, 1.54) is 19.2 Å². The molecule has 8 heteroatoms. The summed E-state index contributed by atoms with van der Waals surface area (Å²) in [6.07, 6.45) is 4.41. The van der Waals surface area contributed by atoms with Gasteiger partial charge in [-0.15, -0.1) is 0 Å². The lowest BCUT2D eigenvalue weighted by Gasteiger charge is -2.13. The summed E-state index contributed by atoms with van der Waals surface area (Å²) in [6, 6.07) is 2.33. The van der Waals surface area contributed by atoms with Gasteiger partial charge in [0.2, 0.25) is 6.04 Å². The number of rotatable bonds is 7. The van der Waals surface area contributed by atoms with E-state index in [1.807, 2.05) is 13.8 Å². The van der Waals surface area contributed by atoms with E-state index in [0.29, 0.717) is 11.1 Å². The number of pyridine rings is 1. The molecular formula is C15H20N4O4. The van der Waals surface area contributed by atoms with Crippen LogP contribution < -0.4 is 5.32 Å². The summed E-state index contributed by atoms with van der Waals surface area (Å²) in [5.74, 6) is -0.470. The summed E-state index contributed by atoms with van der Waals surface area (Å²) in [4.78, 5) is 26.3. The Morgan fingerprint density at radius 1 is 1.52 bits per heavy atom. The Morgan fingerprint density at radius 2 is 2.22 bits per heavy atom. The molecule has 23 heavy (non-hydrogen) atoms. The SMILES string of the molecule is CC(C)/C(=C\C(CNC(=O)c1cccnc1)=N/O)C(C)[N+](=O)[O-].